The number of aromatic nitrogens is 1. The SMILES string of the molecule is CC[C@H](CC(C)C)C[C@@H](C)[C@@H]1CC[C@@H]2[C@@H]3CC=C4C[C@@H](OC(=O)c5cccnc5)CC[C@]4(C)[C@H]3CC[C@@]21C. The first kappa shape index (κ1) is 27.9. The van der Waals surface area contributed by atoms with Crippen LogP contribution in [-0.2, 0) is 4.74 Å². The van der Waals surface area contributed by atoms with Gasteiger partial charge in [-0.15, -0.1) is 0 Å². The monoisotopic (exact) mass is 519 g/mol. The van der Waals surface area contributed by atoms with E-state index in [0.717, 1.165) is 60.7 Å². The van der Waals surface area contributed by atoms with Gasteiger partial charge in [-0.25, -0.2) is 4.79 Å². The number of rotatable bonds is 8. The average Bonchev–Trinajstić information content (AvgIpc) is 3.26. The fourth-order valence-corrected chi connectivity index (χ4v) is 10.2. The topological polar surface area (TPSA) is 39.2 Å². The van der Waals surface area contributed by atoms with Gasteiger partial charge in [0.25, 0.3) is 0 Å². The van der Waals surface area contributed by atoms with E-state index in [2.05, 4.69) is 52.6 Å². The van der Waals surface area contributed by atoms with Crippen molar-refractivity contribution in [2.24, 2.45) is 52.3 Å². The molecule has 0 aromatic carbocycles. The van der Waals surface area contributed by atoms with E-state index < -0.39 is 0 Å². The molecular formula is C35H53NO2. The Morgan fingerprint density at radius 2 is 1.89 bits per heavy atom. The number of ether oxygens (including phenoxy) is 1. The smallest absolute Gasteiger partial charge is 0.339 e. The van der Waals surface area contributed by atoms with Crippen LogP contribution in [0.4, 0.5) is 0 Å². The summed E-state index contributed by atoms with van der Waals surface area (Å²) in [6, 6.07) is 3.60. The zero-order chi connectivity index (χ0) is 27.1. The standard InChI is InChI=1S/C35H53NO2/c1-7-25(19-23(2)3)20-24(4)30-12-13-31-29-11-10-27-21-28(38-33(37)26-9-8-18-36-22-26)14-16-34(27,5)32(29)15-17-35(30,31)6/h8-10,18,22-25,28-32H,7,11-17,19-21H2,1-6H3/t24-,25-,28+,29+,30+,31-,32+,34+,35-/m1/s1. The molecule has 1 aromatic heterocycles. The quantitative estimate of drug-likeness (QED) is 0.254. The van der Waals surface area contributed by atoms with Crippen LogP contribution in [-0.4, -0.2) is 17.1 Å². The van der Waals surface area contributed by atoms with E-state index in [9.17, 15) is 4.79 Å². The van der Waals surface area contributed by atoms with Crippen molar-refractivity contribution >= 4 is 5.97 Å². The number of allylic oxidation sites excluding steroid dienone is 1. The van der Waals surface area contributed by atoms with E-state index in [1.807, 2.05) is 0 Å². The minimum Gasteiger partial charge on any atom is -0.458 e. The Balaban J connectivity index is 1.26. The second-order valence-corrected chi connectivity index (χ2v) is 14.6. The van der Waals surface area contributed by atoms with Gasteiger partial charge in [-0.05, 0) is 122 Å². The highest BCUT2D eigenvalue weighted by atomic mass is 16.5. The molecule has 0 aliphatic heterocycles. The lowest BCUT2D eigenvalue weighted by atomic mass is 9.47. The number of carbonyl (C=O) groups excluding carboxylic acids is 1. The van der Waals surface area contributed by atoms with Crippen LogP contribution in [0.5, 0.6) is 0 Å². The van der Waals surface area contributed by atoms with Crippen molar-refractivity contribution in [1.82, 2.24) is 4.98 Å². The molecule has 0 radical (unpaired) electrons. The van der Waals surface area contributed by atoms with E-state index in [4.69, 9.17) is 4.74 Å². The molecule has 0 saturated heterocycles. The molecule has 9 atom stereocenters. The van der Waals surface area contributed by atoms with Crippen LogP contribution in [0.25, 0.3) is 0 Å². The predicted octanol–water partition coefficient (Wildman–Crippen LogP) is 9.28. The van der Waals surface area contributed by atoms with E-state index in [1.165, 1.54) is 51.4 Å². The minimum absolute atomic E-state index is 0.00139. The fraction of sp³-hybridized carbons (Fsp3) is 0.771. The third-order valence-electron chi connectivity index (χ3n) is 12.1. The molecule has 0 bridgehead atoms. The fourth-order valence-electron chi connectivity index (χ4n) is 10.2. The van der Waals surface area contributed by atoms with Crippen LogP contribution in [0, 0.1) is 52.3 Å². The molecule has 0 spiro atoms. The molecule has 3 heteroatoms. The van der Waals surface area contributed by atoms with Crippen molar-refractivity contribution in [2.45, 2.75) is 118 Å². The molecule has 210 valence electrons. The molecule has 4 aliphatic rings. The number of nitrogens with zero attached hydrogens (tertiary/aromatic N) is 1. The minimum atomic E-state index is -0.223. The largest absolute Gasteiger partial charge is 0.458 e. The molecule has 3 saturated carbocycles. The summed E-state index contributed by atoms with van der Waals surface area (Å²) in [5, 5.41) is 0. The Labute approximate surface area is 232 Å². The molecule has 0 amide bonds. The molecular weight excluding hydrogens is 466 g/mol. The van der Waals surface area contributed by atoms with Gasteiger partial charge in [-0.3, -0.25) is 4.98 Å². The van der Waals surface area contributed by atoms with E-state index in [-0.39, 0.29) is 17.5 Å². The van der Waals surface area contributed by atoms with Gasteiger partial charge in [0.05, 0.1) is 5.56 Å². The Kier molecular flexibility index (Phi) is 8.14. The van der Waals surface area contributed by atoms with E-state index >= 15 is 0 Å². The number of esters is 1. The third-order valence-corrected chi connectivity index (χ3v) is 12.1. The van der Waals surface area contributed by atoms with Gasteiger partial charge in [-0.1, -0.05) is 59.6 Å². The molecule has 1 aromatic rings. The van der Waals surface area contributed by atoms with Crippen LogP contribution in [0.1, 0.15) is 123 Å². The van der Waals surface area contributed by atoms with Gasteiger partial charge in [0.1, 0.15) is 6.10 Å². The molecule has 3 fully saturated rings. The number of fused-ring (bicyclic) bond motifs is 5. The molecule has 0 N–H and O–H groups in total. The number of pyridine rings is 1. The van der Waals surface area contributed by atoms with E-state index in [1.54, 1.807) is 30.1 Å². The van der Waals surface area contributed by atoms with Crippen molar-refractivity contribution in [1.29, 1.82) is 0 Å². The number of carbonyl (C=O) groups is 1. The summed E-state index contributed by atoms with van der Waals surface area (Å²) in [5.41, 5.74) is 2.95. The Morgan fingerprint density at radius 1 is 1.08 bits per heavy atom. The number of hydrogen-bond donors (Lipinski definition) is 0. The van der Waals surface area contributed by atoms with Crippen molar-refractivity contribution in [3.8, 4) is 0 Å². The molecule has 38 heavy (non-hydrogen) atoms. The van der Waals surface area contributed by atoms with Crippen LogP contribution in [0.15, 0.2) is 36.2 Å². The Morgan fingerprint density at radius 3 is 2.61 bits per heavy atom. The van der Waals surface area contributed by atoms with Crippen LogP contribution >= 0.6 is 0 Å². The second-order valence-electron chi connectivity index (χ2n) is 14.6. The molecule has 0 unspecified atom stereocenters. The zero-order valence-corrected chi connectivity index (χ0v) is 25.0. The first-order valence-electron chi connectivity index (χ1n) is 16.0. The Bertz CT molecular complexity index is 1000. The zero-order valence-electron chi connectivity index (χ0n) is 25.0. The maximum absolute atomic E-state index is 12.7. The maximum atomic E-state index is 12.7. The average molecular weight is 520 g/mol. The third kappa shape index (κ3) is 5.13. The molecule has 4 aliphatic carbocycles. The Hall–Kier alpha value is -1.64. The summed E-state index contributed by atoms with van der Waals surface area (Å²) in [7, 11) is 0. The normalized spacial score (nSPS) is 38.0. The number of hydrogen-bond acceptors (Lipinski definition) is 3. The van der Waals surface area contributed by atoms with Crippen LogP contribution in [0.2, 0.25) is 0 Å². The first-order chi connectivity index (χ1) is 18.2. The lowest BCUT2D eigenvalue weighted by Crippen LogP contribution is -2.51. The van der Waals surface area contributed by atoms with Crippen LogP contribution in [0.3, 0.4) is 0 Å². The van der Waals surface area contributed by atoms with Gasteiger partial charge in [0.15, 0.2) is 0 Å². The van der Waals surface area contributed by atoms with Gasteiger partial charge in [0.2, 0.25) is 0 Å². The van der Waals surface area contributed by atoms with Crippen LogP contribution < -0.4 is 0 Å². The highest BCUT2D eigenvalue weighted by Gasteiger charge is 2.59. The highest BCUT2D eigenvalue weighted by Crippen LogP contribution is 2.67. The van der Waals surface area contributed by atoms with Gasteiger partial charge in [0, 0.05) is 18.8 Å². The predicted molar refractivity (Wildman–Crippen MR) is 156 cm³/mol. The molecule has 1 heterocycles. The molecule has 3 nitrogen and oxygen atoms in total. The lowest BCUT2D eigenvalue weighted by Gasteiger charge is -2.58. The van der Waals surface area contributed by atoms with Gasteiger partial charge < -0.3 is 4.74 Å². The van der Waals surface area contributed by atoms with Crippen molar-refractivity contribution in [3.63, 3.8) is 0 Å². The maximum Gasteiger partial charge on any atom is 0.339 e. The van der Waals surface area contributed by atoms with Gasteiger partial charge in [-0.2, -0.15) is 0 Å². The molecule has 5 rings (SSSR count). The summed E-state index contributed by atoms with van der Waals surface area (Å²) in [5.74, 6) is 5.75. The van der Waals surface area contributed by atoms with Crippen molar-refractivity contribution in [2.75, 3.05) is 0 Å². The summed E-state index contributed by atoms with van der Waals surface area (Å²) >= 11 is 0. The summed E-state index contributed by atoms with van der Waals surface area (Å²) in [6.45, 7) is 15.1. The van der Waals surface area contributed by atoms with Gasteiger partial charge >= 0.3 is 5.97 Å². The first-order valence-corrected chi connectivity index (χ1v) is 16.0. The second kappa shape index (κ2) is 11.1. The summed E-state index contributed by atoms with van der Waals surface area (Å²) in [6.07, 6.45) is 20.1. The summed E-state index contributed by atoms with van der Waals surface area (Å²) in [4.78, 5) is 16.8. The van der Waals surface area contributed by atoms with E-state index in [0.29, 0.717) is 11.0 Å². The lowest BCUT2D eigenvalue weighted by molar-refractivity contribution is -0.0602. The summed E-state index contributed by atoms with van der Waals surface area (Å²) < 4.78 is 5.98. The van der Waals surface area contributed by atoms with Crippen molar-refractivity contribution < 1.29 is 9.53 Å². The highest BCUT2D eigenvalue weighted by molar-refractivity contribution is 5.89. The van der Waals surface area contributed by atoms with Crippen molar-refractivity contribution in [3.05, 3.63) is 41.7 Å².